The highest BCUT2D eigenvalue weighted by molar-refractivity contribution is 5.77. The van der Waals surface area contributed by atoms with Gasteiger partial charge >= 0.3 is 0 Å². The van der Waals surface area contributed by atoms with E-state index in [0.29, 0.717) is 18.0 Å². The minimum Gasteiger partial charge on any atom is -0.441 e. The molecule has 0 saturated heterocycles. The molecular weight excluding hydrogens is 216 g/mol. The van der Waals surface area contributed by atoms with Gasteiger partial charge in [-0.3, -0.25) is 0 Å². The van der Waals surface area contributed by atoms with Crippen LogP contribution in [0, 0.1) is 6.92 Å². The lowest BCUT2D eigenvalue weighted by Crippen LogP contribution is -2.40. The van der Waals surface area contributed by atoms with Crippen molar-refractivity contribution in [3.8, 4) is 0 Å². The van der Waals surface area contributed by atoms with E-state index >= 15 is 0 Å². The van der Waals surface area contributed by atoms with Gasteiger partial charge in [-0.05, 0) is 31.0 Å². The molecular formula is C13H16N2O2. The van der Waals surface area contributed by atoms with Crippen LogP contribution in [0.2, 0.25) is 0 Å². The number of fused-ring (bicyclic) bond motifs is 1. The van der Waals surface area contributed by atoms with Gasteiger partial charge in [0.05, 0.1) is 6.10 Å². The van der Waals surface area contributed by atoms with Crippen molar-refractivity contribution in [1.29, 1.82) is 0 Å². The maximum absolute atomic E-state index is 5.44. The van der Waals surface area contributed by atoms with Gasteiger partial charge in [0.25, 0.3) is 0 Å². The Labute approximate surface area is 100.0 Å². The average Bonchev–Trinajstić information content (AvgIpc) is 2.62. The van der Waals surface area contributed by atoms with Gasteiger partial charge in [-0.2, -0.15) is 0 Å². The Bertz CT molecular complexity index is 529. The SMILES string of the molecule is COC1CC(Nc2ccc3oc(C)nc3c2)C1. The molecule has 90 valence electrons. The number of ether oxygens (including phenoxy) is 1. The van der Waals surface area contributed by atoms with Crippen molar-refractivity contribution in [2.45, 2.75) is 31.9 Å². The molecule has 1 saturated carbocycles. The van der Waals surface area contributed by atoms with Gasteiger partial charge in [-0.25, -0.2) is 4.98 Å². The van der Waals surface area contributed by atoms with Gasteiger partial charge in [-0.1, -0.05) is 0 Å². The molecule has 2 aromatic rings. The van der Waals surface area contributed by atoms with Gasteiger partial charge in [0, 0.05) is 25.8 Å². The van der Waals surface area contributed by atoms with Crippen molar-refractivity contribution >= 4 is 16.8 Å². The second-order valence-corrected chi connectivity index (χ2v) is 4.59. The number of hydrogen-bond donors (Lipinski definition) is 1. The molecule has 1 fully saturated rings. The number of oxazole rings is 1. The third kappa shape index (κ3) is 2.00. The van der Waals surface area contributed by atoms with Crippen LogP contribution in [0.3, 0.4) is 0 Å². The van der Waals surface area contributed by atoms with Crippen molar-refractivity contribution in [2.24, 2.45) is 0 Å². The zero-order valence-corrected chi connectivity index (χ0v) is 10.1. The second-order valence-electron chi connectivity index (χ2n) is 4.59. The fourth-order valence-electron chi connectivity index (χ4n) is 2.24. The third-order valence-electron chi connectivity index (χ3n) is 3.29. The van der Waals surface area contributed by atoms with Crippen LogP contribution < -0.4 is 5.32 Å². The largest absolute Gasteiger partial charge is 0.441 e. The molecule has 4 nitrogen and oxygen atoms in total. The van der Waals surface area contributed by atoms with Gasteiger partial charge in [0.1, 0.15) is 5.52 Å². The first-order valence-corrected chi connectivity index (χ1v) is 5.91. The Morgan fingerprint density at radius 2 is 2.24 bits per heavy atom. The summed E-state index contributed by atoms with van der Waals surface area (Å²) in [7, 11) is 1.77. The maximum Gasteiger partial charge on any atom is 0.192 e. The number of nitrogens with one attached hydrogen (secondary N) is 1. The lowest BCUT2D eigenvalue weighted by Gasteiger charge is -2.35. The van der Waals surface area contributed by atoms with Gasteiger partial charge in [-0.15, -0.1) is 0 Å². The third-order valence-corrected chi connectivity index (χ3v) is 3.29. The first-order valence-electron chi connectivity index (χ1n) is 5.91. The van der Waals surface area contributed by atoms with E-state index in [1.165, 1.54) is 0 Å². The highest BCUT2D eigenvalue weighted by Gasteiger charge is 2.28. The standard InChI is InChI=1S/C13H16N2O2/c1-8-14-12-7-9(3-4-13(12)17-8)15-10-5-11(6-10)16-2/h3-4,7,10-11,15H,5-6H2,1-2H3. The summed E-state index contributed by atoms with van der Waals surface area (Å²) in [4.78, 5) is 4.32. The van der Waals surface area contributed by atoms with E-state index in [9.17, 15) is 0 Å². The number of nitrogens with zero attached hydrogens (tertiary/aromatic N) is 1. The highest BCUT2D eigenvalue weighted by Crippen LogP contribution is 2.27. The molecule has 0 spiro atoms. The Morgan fingerprint density at radius 1 is 1.41 bits per heavy atom. The lowest BCUT2D eigenvalue weighted by atomic mass is 9.89. The normalized spacial score (nSPS) is 23.6. The Balaban J connectivity index is 1.73. The molecule has 1 heterocycles. The lowest BCUT2D eigenvalue weighted by molar-refractivity contribution is 0.0329. The zero-order chi connectivity index (χ0) is 11.8. The summed E-state index contributed by atoms with van der Waals surface area (Å²) in [6.07, 6.45) is 2.57. The first-order chi connectivity index (χ1) is 8.24. The fraction of sp³-hybridized carbons (Fsp3) is 0.462. The molecule has 4 heteroatoms. The summed E-state index contributed by atoms with van der Waals surface area (Å²) in [6, 6.07) is 6.55. The van der Waals surface area contributed by atoms with Gasteiger partial charge < -0.3 is 14.5 Å². The van der Waals surface area contributed by atoms with E-state index < -0.39 is 0 Å². The second kappa shape index (κ2) is 4.04. The van der Waals surface area contributed by atoms with Crippen LogP contribution in [0.15, 0.2) is 22.6 Å². The Kier molecular flexibility index (Phi) is 2.52. The zero-order valence-electron chi connectivity index (χ0n) is 10.1. The summed E-state index contributed by atoms with van der Waals surface area (Å²) in [6.45, 7) is 1.86. The molecule has 17 heavy (non-hydrogen) atoms. The van der Waals surface area contributed by atoms with Crippen molar-refractivity contribution in [1.82, 2.24) is 4.98 Å². The Hall–Kier alpha value is -1.55. The number of methoxy groups -OCH3 is 1. The summed E-state index contributed by atoms with van der Waals surface area (Å²) in [5.41, 5.74) is 2.86. The summed E-state index contributed by atoms with van der Waals surface area (Å²) in [5.74, 6) is 0.709. The van der Waals surface area contributed by atoms with E-state index in [1.807, 2.05) is 25.1 Å². The van der Waals surface area contributed by atoms with Crippen LogP contribution in [-0.2, 0) is 4.74 Å². The first kappa shape index (κ1) is 10.6. The number of hydrogen-bond acceptors (Lipinski definition) is 4. The number of aromatic nitrogens is 1. The number of aryl methyl sites for hydroxylation is 1. The van der Waals surface area contributed by atoms with E-state index in [4.69, 9.17) is 9.15 Å². The van der Waals surface area contributed by atoms with Gasteiger partial charge in [0.15, 0.2) is 11.5 Å². The number of rotatable bonds is 3. The molecule has 1 aliphatic rings. The van der Waals surface area contributed by atoms with E-state index in [2.05, 4.69) is 10.3 Å². The van der Waals surface area contributed by atoms with Crippen molar-refractivity contribution in [3.05, 3.63) is 24.1 Å². The van der Waals surface area contributed by atoms with Crippen molar-refractivity contribution in [2.75, 3.05) is 12.4 Å². The van der Waals surface area contributed by atoms with E-state index in [1.54, 1.807) is 7.11 Å². The minimum absolute atomic E-state index is 0.422. The minimum atomic E-state index is 0.422. The molecule has 1 aromatic carbocycles. The number of benzene rings is 1. The molecule has 0 aliphatic heterocycles. The Morgan fingerprint density at radius 3 is 3.00 bits per heavy atom. The molecule has 0 atom stereocenters. The molecule has 1 aliphatic carbocycles. The molecule has 0 amide bonds. The van der Waals surface area contributed by atoms with Crippen molar-refractivity contribution < 1.29 is 9.15 Å². The summed E-state index contributed by atoms with van der Waals surface area (Å²) < 4.78 is 10.7. The molecule has 1 aromatic heterocycles. The predicted octanol–water partition coefficient (Wildman–Crippen LogP) is 2.73. The molecule has 0 bridgehead atoms. The monoisotopic (exact) mass is 232 g/mol. The van der Waals surface area contributed by atoms with E-state index in [-0.39, 0.29) is 0 Å². The molecule has 1 N–H and O–H groups in total. The predicted molar refractivity (Wildman–Crippen MR) is 66.2 cm³/mol. The van der Waals surface area contributed by atoms with Crippen LogP contribution in [0.25, 0.3) is 11.1 Å². The van der Waals surface area contributed by atoms with Crippen LogP contribution in [0.4, 0.5) is 5.69 Å². The molecule has 3 rings (SSSR count). The quantitative estimate of drug-likeness (QED) is 0.883. The average molecular weight is 232 g/mol. The fourth-order valence-corrected chi connectivity index (χ4v) is 2.24. The molecule has 0 radical (unpaired) electrons. The summed E-state index contributed by atoms with van der Waals surface area (Å²) in [5, 5.41) is 3.48. The van der Waals surface area contributed by atoms with Crippen LogP contribution in [0.1, 0.15) is 18.7 Å². The summed E-state index contributed by atoms with van der Waals surface area (Å²) >= 11 is 0. The van der Waals surface area contributed by atoms with Crippen molar-refractivity contribution in [3.63, 3.8) is 0 Å². The maximum atomic E-state index is 5.44. The van der Waals surface area contributed by atoms with Crippen LogP contribution >= 0.6 is 0 Å². The van der Waals surface area contributed by atoms with Crippen LogP contribution in [0.5, 0.6) is 0 Å². The van der Waals surface area contributed by atoms with Crippen LogP contribution in [-0.4, -0.2) is 24.2 Å². The number of anilines is 1. The molecule has 0 unspecified atom stereocenters. The highest BCUT2D eigenvalue weighted by atomic mass is 16.5. The topological polar surface area (TPSA) is 47.3 Å². The van der Waals surface area contributed by atoms with Gasteiger partial charge in [0.2, 0.25) is 0 Å². The smallest absolute Gasteiger partial charge is 0.192 e. The van der Waals surface area contributed by atoms with E-state index in [0.717, 1.165) is 29.6 Å².